The van der Waals surface area contributed by atoms with Crippen LogP contribution in [0, 0.1) is 0 Å². The predicted molar refractivity (Wildman–Crippen MR) is 93.5 cm³/mol. The second kappa shape index (κ2) is 6.74. The molecule has 1 aliphatic heterocycles. The molecule has 0 aliphatic carbocycles. The average molecular weight is 324 g/mol. The Bertz CT molecular complexity index is 769. The molecule has 124 valence electrons. The molecule has 0 radical (unpaired) electrons. The number of nitrogens with one attached hydrogen (secondary N) is 1. The number of rotatable bonds is 4. The van der Waals surface area contributed by atoms with E-state index in [1.165, 1.54) is 0 Å². The molecule has 0 atom stereocenters. The number of amides is 2. The fraction of sp³-hybridized carbons (Fsp3) is 0.263. The van der Waals surface area contributed by atoms with Gasteiger partial charge in [0.2, 0.25) is 11.8 Å². The van der Waals surface area contributed by atoms with Gasteiger partial charge in [0.15, 0.2) is 0 Å². The van der Waals surface area contributed by atoms with E-state index in [0.29, 0.717) is 12.2 Å². The standard InChI is InChI=1S/C19H20N2O3/c1-13(22)21-11-10-15-4-3-5-17(19(15)21)20-18(23)12-14-6-8-16(24-2)9-7-14/h3-9H,10-12H2,1-2H3,(H,20,23). The first-order chi connectivity index (χ1) is 11.6. The first kappa shape index (κ1) is 16.1. The summed E-state index contributed by atoms with van der Waals surface area (Å²) < 4.78 is 5.12. The second-order valence-electron chi connectivity index (χ2n) is 5.81. The van der Waals surface area contributed by atoms with Gasteiger partial charge in [-0.3, -0.25) is 9.59 Å². The van der Waals surface area contributed by atoms with Crippen molar-refractivity contribution in [3.05, 3.63) is 53.6 Å². The third kappa shape index (κ3) is 3.25. The number of methoxy groups -OCH3 is 1. The van der Waals surface area contributed by atoms with E-state index < -0.39 is 0 Å². The van der Waals surface area contributed by atoms with Crippen LogP contribution < -0.4 is 15.0 Å². The van der Waals surface area contributed by atoms with E-state index >= 15 is 0 Å². The van der Waals surface area contributed by atoms with E-state index in [0.717, 1.165) is 29.0 Å². The number of para-hydroxylation sites is 1. The van der Waals surface area contributed by atoms with Crippen molar-refractivity contribution in [3.8, 4) is 5.75 Å². The number of hydrogen-bond acceptors (Lipinski definition) is 3. The maximum absolute atomic E-state index is 12.4. The van der Waals surface area contributed by atoms with E-state index in [9.17, 15) is 9.59 Å². The van der Waals surface area contributed by atoms with Gasteiger partial charge in [-0.15, -0.1) is 0 Å². The van der Waals surface area contributed by atoms with Crippen molar-refractivity contribution in [2.75, 3.05) is 23.9 Å². The molecule has 0 fully saturated rings. The topological polar surface area (TPSA) is 58.6 Å². The van der Waals surface area contributed by atoms with E-state index in [-0.39, 0.29) is 18.2 Å². The smallest absolute Gasteiger partial charge is 0.228 e. The Morgan fingerprint density at radius 1 is 1.17 bits per heavy atom. The Hall–Kier alpha value is -2.82. The van der Waals surface area contributed by atoms with Crippen molar-refractivity contribution >= 4 is 23.2 Å². The van der Waals surface area contributed by atoms with E-state index in [2.05, 4.69) is 5.32 Å². The molecule has 0 saturated carbocycles. The highest BCUT2D eigenvalue weighted by molar-refractivity contribution is 6.02. The lowest BCUT2D eigenvalue weighted by atomic mass is 10.1. The lowest BCUT2D eigenvalue weighted by Crippen LogP contribution is -2.27. The summed E-state index contributed by atoms with van der Waals surface area (Å²) >= 11 is 0. The van der Waals surface area contributed by atoms with Crippen molar-refractivity contribution in [2.45, 2.75) is 19.8 Å². The molecular formula is C19H20N2O3. The van der Waals surface area contributed by atoms with Crippen LogP contribution in [-0.4, -0.2) is 25.5 Å². The van der Waals surface area contributed by atoms with Gasteiger partial charge in [0.25, 0.3) is 0 Å². The molecule has 3 rings (SSSR count). The third-order valence-electron chi connectivity index (χ3n) is 4.17. The van der Waals surface area contributed by atoms with Crippen LogP contribution in [0.4, 0.5) is 11.4 Å². The number of carbonyl (C=O) groups excluding carboxylic acids is 2. The number of anilines is 2. The molecule has 1 N–H and O–H groups in total. The van der Waals surface area contributed by atoms with Crippen molar-refractivity contribution in [1.29, 1.82) is 0 Å². The van der Waals surface area contributed by atoms with Gasteiger partial charge >= 0.3 is 0 Å². The van der Waals surface area contributed by atoms with Crippen molar-refractivity contribution in [3.63, 3.8) is 0 Å². The molecule has 2 aromatic rings. The van der Waals surface area contributed by atoms with Gasteiger partial charge in [-0.2, -0.15) is 0 Å². The maximum Gasteiger partial charge on any atom is 0.228 e. The molecule has 0 aromatic heterocycles. The van der Waals surface area contributed by atoms with Crippen LogP contribution in [0.1, 0.15) is 18.1 Å². The Kier molecular flexibility index (Phi) is 4.51. The number of hydrogen-bond donors (Lipinski definition) is 1. The second-order valence-corrected chi connectivity index (χ2v) is 5.81. The third-order valence-corrected chi connectivity index (χ3v) is 4.17. The molecule has 0 unspecified atom stereocenters. The summed E-state index contributed by atoms with van der Waals surface area (Å²) in [6.45, 7) is 2.21. The van der Waals surface area contributed by atoms with Crippen LogP contribution in [0.3, 0.4) is 0 Å². The quantitative estimate of drug-likeness (QED) is 0.941. The fourth-order valence-corrected chi connectivity index (χ4v) is 2.99. The van der Waals surface area contributed by atoms with Crippen LogP contribution >= 0.6 is 0 Å². The summed E-state index contributed by atoms with van der Waals surface area (Å²) in [6.07, 6.45) is 1.09. The molecule has 24 heavy (non-hydrogen) atoms. The van der Waals surface area contributed by atoms with E-state index in [1.807, 2.05) is 42.5 Å². The number of carbonyl (C=O) groups is 2. The van der Waals surface area contributed by atoms with Crippen LogP contribution in [0.5, 0.6) is 5.75 Å². The summed E-state index contributed by atoms with van der Waals surface area (Å²) in [5, 5.41) is 2.94. The minimum atomic E-state index is -0.107. The van der Waals surface area contributed by atoms with Gasteiger partial charge in [-0.05, 0) is 35.7 Å². The SMILES string of the molecule is COc1ccc(CC(=O)Nc2cccc3c2N(C(C)=O)CC3)cc1. The summed E-state index contributed by atoms with van der Waals surface area (Å²) in [5.74, 6) is 0.645. The molecule has 0 saturated heterocycles. The zero-order valence-corrected chi connectivity index (χ0v) is 13.8. The number of benzene rings is 2. The van der Waals surface area contributed by atoms with Crippen LogP contribution in [0.25, 0.3) is 0 Å². The maximum atomic E-state index is 12.4. The van der Waals surface area contributed by atoms with Crippen molar-refractivity contribution in [1.82, 2.24) is 0 Å². The minimum Gasteiger partial charge on any atom is -0.497 e. The zero-order chi connectivity index (χ0) is 17.1. The summed E-state index contributed by atoms with van der Waals surface area (Å²) in [6, 6.07) is 13.2. The van der Waals surface area contributed by atoms with Gasteiger partial charge in [0, 0.05) is 13.5 Å². The first-order valence-electron chi connectivity index (χ1n) is 7.91. The Morgan fingerprint density at radius 2 is 1.92 bits per heavy atom. The highest BCUT2D eigenvalue weighted by Crippen LogP contribution is 2.35. The highest BCUT2D eigenvalue weighted by atomic mass is 16.5. The van der Waals surface area contributed by atoms with Gasteiger partial charge in [0.1, 0.15) is 5.75 Å². The van der Waals surface area contributed by atoms with Crippen LogP contribution in [0.15, 0.2) is 42.5 Å². The van der Waals surface area contributed by atoms with Crippen LogP contribution in [0.2, 0.25) is 0 Å². The fourth-order valence-electron chi connectivity index (χ4n) is 2.99. The molecule has 0 spiro atoms. The van der Waals surface area contributed by atoms with Gasteiger partial charge in [-0.25, -0.2) is 0 Å². The zero-order valence-electron chi connectivity index (χ0n) is 13.8. The lowest BCUT2D eigenvalue weighted by molar-refractivity contribution is -0.117. The molecule has 2 amide bonds. The first-order valence-corrected chi connectivity index (χ1v) is 7.91. The summed E-state index contributed by atoms with van der Waals surface area (Å²) in [5.41, 5.74) is 3.52. The normalized spacial score (nSPS) is 12.7. The monoisotopic (exact) mass is 324 g/mol. The molecule has 1 heterocycles. The molecule has 0 bridgehead atoms. The van der Waals surface area contributed by atoms with E-state index in [1.54, 1.807) is 18.9 Å². The average Bonchev–Trinajstić information content (AvgIpc) is 3.01. The minimum absolute atomic E-state index is 0.00870. The molecule has 2 aromatic carbocycles. The molecule has 5 heteroatoms. The van der Waals surface area contributed by atoms with Gasteiger partial charge in [0.05, 0.1) is 24.9 Å². The van der Waals surface area contributed by atoms with Crippen molar-refractivity contribution in [2.24, 2.45) is 0 Å². The van der Waals surface area contributed by atoms with Crippen molar-refractivity contribution < 1.29 is 14.3 Å². The number of fused-ring (bicyclic) bond motifs is 1. The Morgan fingerprint density at radius 3 is 2.58 bits per heavy atom. The number of ether oxygens (including phenoxy) is 1. The number of nitrogens with zero attached hydrogens (tertiary/aromatic N) is 1. The lowest BCUT2D eigenvalue weighted by Gasteiger charge is -2.19. The Labute approximate surface area is 141 Å². The summed E-state index contributed by atoms with van der Waals surface area (Å²) in [4.78, 5) is 25.9. The highest BCUT2D eigenvalue weighted by Gasteiger charge is 2.25. The predicted octanol–water partition coefficient (Wildman–Crippen LogP) is 2.79. The largest absolute Gasteiger partial charge is 0.497 e. The molecular weight excluding hydrogens is 304 g/mol. The van der Waals surface area contributed by atoms with Gasteiger partial charge < -0.3 is 15.0 Å². The van der Waals surface area contributed by atoms with Gasteiger partial charge in [-0.1, -0.05) is 24.3 Å². The summed E-state index contributed by atoms with van der Waals surface area (Å²) in [7, 11) is 1.61. The molecule has 5 nitrogen and oxygen atoms in total. The van der Waals surface area contributed by atoms with Crippen LogP contribution in [-0.2, 0) is 22.4 Å². The Balaban J connectivity index is 1.75. The van der Waals surface area contributed by atoms with E-state index in [4.69, 9.17) is 4.74 Å². The molecule has 1 aliphatic rings.